The molecule has 2 amide bonds. The Kier molecular flexibility index (Phi) is 9.31. The number of nitrogens with one attached hydrogen (secondary N) is 2. The van der Waals surface area contributed by atoms with Crippen LogP contribution in [0, 0.1) is 5.41 Å². The van der Waals surface area contributed by atoms with Gasteiger partial charge in [-0.25, -0.2) is 8.42 Å². The number of ether oxygens (including phenoxy) is 2. The van der Waals surface area contributed by atoms with Crippen molar-refractivity contribution in [1.82, 2.24) is 5.32 Å². The third-order valence-corrected chi connectivity index (χ3v) is 6.29. The average Bonchev–Trinajstić information content (AvgIpc) is 2.77. The number of anilines is 1. The van der Waals surface area contributed by atoms with E-state index in [1.807, 2.05) is 19.9 Å². The van der Waals surface area contributed by atoms with Crippen molar-refractivity contribution >= 4 is 27.3 Å². The lowest BCUT2D eigenvalue weighted by Gasteiger charge is -2.23. The van der Waals surface area contributed by atoms with Crippen LogP contribution in [0.5, 0.6) is 11.5 Å². The number of rotatable bonds is 10. The van der Waals surface area contributed by atoms with Crippen molar-refractivity contribution in [2.75, 3.05) is 31.0 Å². The maximum Gasteiger partial charge on any atom is 0.254 e. The SMILES string of the molecule is CCOc1cc([C@@H](CS(C)(=O)=O)NC(=O)c2c(CC)cccc2NC(=O)C(C)(C)C)ccc1OC. The molecule has 0 spiro atoms. The number of hydrogen-bond acceptors (Lipinski definition) is 6. The quantitative estimate of drug-likeness (QED) is 0.503. The summed E-state index contributed by atoms with van der Waals surface area (Å²) in [6.07, 6.45) is 1.67. The molecule has 0 unspecified atom stereocenters. The second-order valence-electron chi connectivity index (χ2n) is 9.36. The minimum absolute atomic E-state index is 0.232. The zero-order valence-corrected chi connectivity index (χ0v) is 22.3. The van der Waals surface area contributed by atoms with Gasteiger partial charge < -0.3 is 20.1 Å². The number of carbonyl (C=O) groups is 2. The van der Waals surface area contributed by atoms with E-state index in [0.717, 1.165) is 11.8 Å². The van der Waals surface area contributed by atoms with Gasteiger partial charge in [0, 0.05) is 11.7 Å². The van der Waals surface area contributed by atoms with Gasteiger partial charge in [-0.05, 0) is 42.7 Å². The van der Waals surface area contributed by atoms with E-state index >= 15 is 0 Å². The second-order valence-corrected chi connectivity index (χ2v) is 11.5. The maximum atomic E-state index is 13.6. The molecule has 0 bridgehead atoms. The van der Waals surface area contributed by atoms with Crippen LogP contribution in [0.3, 0.4) is 0 Å². The van der Waals surface area contributed by atoms with Crippen molar-refractivity contribution in [3.8, 4) is 11.5 Å². The van der Waals surface area contributed by atoms with E-state index in [4.69, 9.17) is 9.47 Å². The molecule has 0 saturated carbocycles. The first-order valence-corrected chi connectivity index (χ1v) is 13.6. The van der Waals surface area contributed by atoms with Gasteiger partial charge >= 0.3 is 0 Å². The molecule has 0 aliphatic heterocycles. The van der Waals surface area contributed by atoms with Crippen LogP contribution in [0.15, 0.2) is 36.4 Å². The second kappa shape index (κ2) is 11.6. The Morgan fingerprint density at radius 1 is 1.06 bits per heavy atom. The molecular weight excluding hydrogens is 468 g/mol. The molecule has 0 aliphatic carbocycles. The fraction of sp³-hybridized carbons (Fsp3) is 0.462. The molecule has 35 heavy (non-hydrogen) atoms. The van der Waals surface area contributed by atoms with Gasteiger partial charge in [-0.3, -0.25) is 9.59 Å². The lowest BCUT2D eigenvalue weighted by molar-refractivity contribution is -0.123. The molecule has 0 fully saturated rings. The van der Waals surface area contributed by atoms with Gasteiger partial charge in [0.2, 0.25) is 5.91 Å². The molecule has 0 saturated heterocycles. The maximum absolute atomic E-state index is 13.6. The van der Waals surface area contributed by atoms with Crippen LogP contribution in [0.2, 0.25) is 0 Å². The van der Waals surface area contributed by atoms with Gasteiger partial charge in [-0.1, -0.05) is 45.9 Å². The number of amides is 2. The van der Waals surface area contributed by atoms with E-state index in [0.29, 0.717) is 41.3 Å². The molecule has 2 aromatic rings. The zero-order valence-electron chi connectivity index (χ0n) is 21.5. The molecule has 192 valence electrons. The average molecular weight is 505 g/mol. The monoisotopic (exact) mass is 504 g/mol. The summed E-state index contributed by atoms with van der Waals surface area (Å²) in [4.78, 5) is 26.2. The predicted octanol–water partition coefficient (Wildman–Crippen LogP) is 4.16. The summed E-state index contributed by atoms with van der Waals surface area (Å²) in [7, 11) is -1.94. The Hall–Kier alpha value is -3.07. The normalized spacial score (nSPS) is 12.5. The Labute approximate surface area is 208 Å². The first-order chi connectivity index (χ1) is 16.3. The zero-order chi connectivity index (χ0) is 26.4. The van der Waals surface area contributed by atoms with E-state index in [9.17, 15) is 18.0 Å². The lowest BCUT2D eigenvalue weighted by atomic mass is 9.94. The molecule has 2 rings (SSSR count). The van der Waals surface area contributed by atoms with Crippen LogP contribution in [0.4, 0.5) is 5.69 Å². The molecule has 0 radical (unpaired) electrons. The van der Waals surface area contributed by atoms with Crippen LogP contribution in [0.1, 0.15) is 62.1 Å². The summed E-state index contributed by atoms with van der Waals surface area (Å²) in [6.45, 7) is 9.49. The molecule has 0 aromatic heterocycles. The lowest BCUT2D eigenvalue weighted by Crippen LogP contribution is -2.35. The van der Waals surface area contributed by atoms with Crippen molar-refractivity contribution in [3.63, 3.8) is 0 Å². The first kappa shape index (κ1) is 28.2. The number of carbonyl (C=O) groups excluding carboxylic acids is 2. The van der Waals surface area contributed by atoms with Crippen molar-refractivity contribution in [2.24, 2.45) is 5.41 Å². The van der Waals surface area contributed by atoms with Gasteiger partial charge in [0.1, 0.15) is 9.84 Å². The van der Waals surface area contributed by atoms with Crippen LogP contribution < -0.4 is 20.1 Å². The fourth-order valence-corrected chi connectivity index (χ4v) is 4.39. The highest BCUT2D eigenvalue weighted by Gasteiger charge is 2.27. The molecule has 2 aromatic carbocycles. The highest BCUT2D eigenvalue weighted by Crippen LogP contribution is 2.32. The molecule has 0 heterocycles. The number of aryl methyl sites for hydroxylation is 1. The van der Waals surface area contributed by atoms with E-state index in [1.165, 1.54) is 7.11 Å². The van der Waals surface area contributed by atoms with Crippen molar-refractivity contribution in [2.45, 2.75) is 47.1 Å². The van der Waals surface area contributed by atoms with Gasteiger partial charge in [0.05, 0.1) is 36.8 Å². The largest absolute Gasteiger partial charge is 0.493 e. The minimum atomic E-state index is -3.46. The number of methoxy groups -OCH3 is 1. The highest BCUT2D eigenvalue weighted by molar-refractivity contribution is 7.90. The van der Waals surface area contributed by atoms with Gasteiger partial charge in [-0.15, -0.1) is 0 Å². The van der Waals surface area contributed by atoms with E-state index in [-0.39, 0.29) is 11.7 Å². The number of hydrogen-bond donors (Lipinski definition) is 2. The van der Waals surface area contributed by atoms with Crippen molar-refractivity contribution in [1.29, 1.82) is 0 Å². The topological polar surface area (TPSA) is 111 Å². The van der Waals surface area contributed by atoms with E-state index in [1.54, 1.807) is 51.1 Å². The van der Waals surface area contributed by atoms with Gasteiger partial charge in [-0.2, -0.15) is 0 Å². The molecule has 1 atom stereocenters. The summed E-state index contributed by atoms with van der Waals surface area (Å²) in [5, 5.41) is 5.73. The summed E-state index contributed by atoms with van der Waals surface area (Å²) < 4.78 is 35.5. The van der Waals surface area contributed by atoms with Crippen molar-refractivity contribution < 1.29 is 27.5 Å². The Morgan fingerprint density at radius 2 is 1.74 bits per heavy atom. The molecule has 0 aliphatic rings. The summed E-state index contributed by atoms with van der Waals surface area (Å²) in [5.41, 5.74) is 1.32. The highest BCUT2D eigenvalue weighted by atomic mass is 32.2. The molecule has 9 heteroatoms. The fourth-order valence-electron chi connectivity index (χ4n) is 3.51. The Bertz CT molecular complexity index is 1170. The van der Waals surface area contributed by atoms with Gasteiger partial charge in [0.25, 0.3) is 5.91 Å². The van der Waals surface area contributed by atoms with Crippen LogP contribution in [-0.4, -0.2) is 46.0 Å². The van der Waals surface area contributed by atoms with E-state index < -0.39 is 27.2 Å². The molecule has 2 N–H and O–H groups in total. The minimum Gasteiger partial charge on any atom is -0.493 e. The summed E-state index contributed by atoms with van der Waals surface area (Å²) >= 11 is 0. The Balaban J connectivity index is 2.52. The van der Waals surface area contributed by atoms with Crippen LogP contribution in [0.25, 0.3) is 0 Å². The van der Waals surface area contributed by atoms with Gasteiger partial charge in [0.15, 0.2) is 11.5 Å². The van der Waals surface area contributed by atoms with Crippen LogP contribution >= 0.6 is 0 Å². The molecule has 8 nitrogen and oxygen atoms in total. The van der Waals surface area contributed by atoms with Crippen LogP contribution in [-0.2, 0) is 21.1 Å². The first-order valence-electron chi connectivity index (χ1n) is 11.5. The smallest absolute Gasteiger partial charge is 0.254 e. The third-order valence-electron chi connectivity index (χ3n) is 5.35. The number of sulfone groups is 1. The summed E-state index contributed by atoms with van der Waals surface area (Å²) in [5.74, 6) is -0.0665. The predicted molar refractivity (Wildman–Crippen MR) is 138 cm³/mol. The number of benzene rings is 2. The third kappa shape index (κ3) is 7.71. The summed E-state index contributed by atoms with van der Waals surface area (Å²) in [6, 6.07) is 9.46. The molecular formula is C26H36N2O6S. The van der Waals surface area contributed by atoms with Crippen molar-refractivity contribution in [3.05, 3.63) is 53.1 Å². The Morgan fingerprint density at radius 3 is 2.29 bits per heavy atom. The van der Waals surface area contributed by atoms with E-state index in [2.05, 4.69) is 10.6 Å². The standard InChI is InChI=1S/C26H36N2O6S/c1-8-17-11-10-12-19(28-25(30)26(3,4)5)23(17)24(29)27-20(16-35(7,31)32)18-13-14-21(33-6)22(15-18)34-9-2/h10-15,20H,8-9,16H2,1-7H3,(H,27,29)(H,28,30)/t20-/m1/s1.